The summed E-state index contributed by atoms with van der Waals surface area (Å²) in [6.45, 7) is 2.94. The van der Waals surface area contributed by atoms with Crippen molar-refractivity contribution in [3.63, 3.8) is 0 Å². The first-order valence-electron chi connectivity index (χ1n) is 6.79. The highest BCUT2D eigenvalue weighted by Crippen LogP contribution is 2.22. The Hall–Kier alpha value is -0.900. The van der Waals surface area contributed by atoms with Crippen LogP contribution in [0.4, 0.5) is 4.79 Å². The Balaban J connectivity index is 2.07. The van der Waals surface area contributed by atoms with Gasteiger partial charge in [-0.15, -0.1) is 0 Å². The van der Waals surface area contributed by atoms with Gasteiger partial charge in [-0.2, -0.15) is 0 Å². The Morgan fingerprint density at radius 3 is 2.38 bits per heavy atom. The van der Waals surface area contributed by atoms with Gasteiger partial charge < -0.3 is 24.6 Å². The molecule has 1 saturated heterocycles. The third-order valence-corrected chi connectivity index (χ3v) is 4.88. The lowest BCUT2D eigenvalue weighted by Crippen LogP contribution is -2.47. The summed E-state index contributed by atoms with van der Waals surface area (Å²) in [6.07, 6.45) is -0.252. The molecule has 124 valence electrons. The Kier molecular flexibility index (Phi) is 7.36. The van der Waals surface area contributed by atoms with Crippen LogP contribution in [-0.2, 0) is 24.0 Å². The zero-order valence-corrected chi connectivity index (χ0v) is 13.0. The first kappa shape index (κ1) is 18.1. The van der Waals surface area contributed by atoms with E-state index in [-0.39, 0.29) is 37.9 Å². The first-order valence-corrected chi connectivity index (χ1v) is 8.61. The lowest BCUT2D eigenvalue weighted by molar-refractivity contribution is 0.0180. The van der Waals surface area contributed by atoms with E-state index in [0.717, 1.165) is 0 Å². The summed E-state index contributed by atoms with van der Waals surface area (Å²) >= 11 is 0. The fourth-order valence-electron chi connectivity index (χ4n) is 1.97. The topological polar surface area (TPSA) is 111 Å². The van der Waals surface area contributed by atoms with Gasteiger partial charge in [0, 0.05) is 0 Å². The summed E-state index contributed by atoms with van der Waals surface area (Å²) in [5, 5.41) is 11.1. The molecular weight excluding hydrogens is 302 g/mol. The standard InChI is InChI=1S/C12H23NO7S/c1-12(2-9-21(16,17)10-12)13-11(15)20-8-7-19-6-5-18-4-3-14/h14H,2-10H2,1H3,(H,13,15). The number of sulfone groups is 1. The molecule has 1 amide bonds. The van der Waals surface area contributed by atoms with Gasteiger partial charge in [0.05, 0.1) is 50.1 Å². The molecule has 21 heavy (non-hydrogen) atoms. The molecule has 0 spiro atoms. The minimum atomic E-state index is -3.07. The third kappa shape index (κ3) is 7.60. The van der Waals surface area contributed by atoms with Crippen molar-refractivity contribution in [1.29, 1.82) is 0 Å². The predicted octanol–water partition coefficient (Wildman–Crippen LogP) is -0.685. The van der Waals surface area contributed by atoms with E-state index in [4.69, 9.17) is 19.3 Å². The highest BCUT2D eigenvalue weighted by Gasteiger charge is 2.39. The van der Waals surface area contributed by atoms with Gasteiger partial charge >= 0.3 is 6.09 Å². The maximum atomic E-state index is 11.6. The van der Waals surface area contributed by atoms with E-state index >= 15 is 0 Å². The predicted molar refractivity (Wildman–Crippen MR) is 74.9 cm³/mol. The van der Waals surface area contributed by atoms with Crippen LogP contribution < -0.4 is 5.32 Å². The molecule has 1 atom stereocenters. The molecular formula is C12H23NO7S. The summed E-state index contributed by atoms with van der Waals surface area (Å²) in [6, 6.07) is 0. The highest BCUT2D eigenvalue weighted by molar-refractivity contribution is 7.91. The smallest absolute Gasteiger partial charge is 0.407 e. The largest absolute Gasteiger partial charge is 0.447 e. The van der Waals surface area contributed by atoms with Crippen molar-refractivity contribution in [3.8, 4) is 0 Å². The number of amides is 1. The van der Waals surface area contributed by atoms with Crippen LogP contribution in [0.25, 0.3) is 0 Å². The molecule has 0 aliphatic carbocycles. The molecule has 1 aliphatic heterocycles. The Morgan fingerprint density at radius 2 is 1.81 bits per heavy atom. The van der Waals surface area contributed by atoms with Crippen molar-refractivity contribution in [1.82, 2.24) is 5.32 Å². The molecule has 0 aromatic carbocycles. The summed E-state index contributed by atoms with van der Waals surface area (Å²) in [4.78, 5) is 11.6. The molecule has 0 bridgehead atoms. The number of hydrogen-bond acceptors (Lipinski definition) is 7. The van der Waals surface area contributed by atoms with E-state index in [1.54, 1.807) is 6.92 Å². The average Bonchev–Trinajstić information content (AvgIpc) is 2.66. The maximum absolute atomic E-state index is 11.6. The molecule has 8 nitrogen and oxygen atoms in total. The number of hydrogen-bond donors (Lipinski definition) is 2. The van der Waals surface area contributed by atoms with Gasteiger partial charge in [-0.3, -0.25) is 0 Å². The van der Waals surface area contributed by atoms with Crippen molar-refractivity contribution in [2.75, 3.05) is 51.1 Å². The van der Waals surface area contributed by atoms with Gasteiger partial charge in [-0.25, -0.2) is 13.2 Å². The monoisotopic (exact) mass is 325 g/mol. The number of alkyl carbamates (subject to hydrolysis) is 1. The number of rotatable bonds is 9. The third-order valence-electron chi connectivity index (χ3n) is 2.98. The number of aliphatic hydroxyl groups is 1. The van der Waals surface area contributed by atoms with Crippen LogP contribution in [0.1, 0.15) is 13.3 Å². The SMILES string of the molecule is CC1(NC(=O)OCCOCCOCCO)CCS(=O)(=O)C1. The van der Waals surface area contributed by atoms with Crippen LogP contribution in [0.5, 0.6) is 0 Å². The second-order valence-corrected chi connectivity index (χ2v) is 7.30. The van der Waals surface area contributed by atoms with E-state index in [9.17, 15) is 13.2 Å². The number of carbonyl (C=O) groups is 1. The van der Waals surface area contributed by atoms with E-state index < -0.39 is 21.5 Å². The molecule has 0 aromatic rings. The van der Waals surface area contributed by atoms with E-state index in [0.29, 0.717) is 19.6 Å². The fraction of sp³-hybridized carbons (Fsp3) is 0.917. The van der Waals surface area contributed by atoms with Crippen LogP contribution in [0.15, 0.2) is 0 Å². The molecule has 9 heteroatoms. The van der Waals surface area contributed by atoms with Crippen molar-refractivity contribution >= 4 is 15.9 Å². The molecule has 2 N–H and O–H groups in total. The molecule has 0 aromatic heterocycles. The fourth-order valence-corrected chi connectivity index (χ4v) is 4.06. The van der Waals surface area contributed by atoms with Gasteiger partial charge in [-0.05, 0) is 13.3 Å². The summed E-state index contributed by atoms with van der Waals surface area (Å²) in [5.74, 6) is 0.0223. The first-order chi connectivity index (χ1) is 9.87. The van der Waals surface area contributed by atoms with Crippen molar-refractivity contribution in [3.05, 3.63) is 0 Å². The second-order valence-electron chi connectivity index (χ2n) is 5.11. The number of carbonyl (C=O) groups excluding carboxylic acids is 1. The zero-order valence-electron chi connectivity index (χ0n) is 12.2. The van der Waals surface area contributed by atoms with Crippen LogP contribution in [0.3, 0.4) is 0 Å². The number of aliphatic hydroxyl groups excluding tert-OH is 1. The Labute approximate surface area is 124 Å². The summed E-state index contributed by atoms with van der Waals surface area (Å²) < 4.78 is 37.8. The average molecular weight is 325 g/mol. The molecule has 1 fully saturated rings. The lowest BCUT2D eigenvalue weighted by atomic mass is 10.0. The van der Waals surface area contributed by atoms with E-state index in [1.165, 1.54) is 0 Å². The van der Waals surface area contributed by atoms with Crippen LogP contribution >= 0.6 is 0 Å². The van der Waals surface area contributed by atoms with Gasteiger partial charge in [-0.1, -0.05) is 0 Å². The normalized spacial score (nSPS) is 23.9. The molecule has 0 radical (unpaired) electrons. The minimum Gasteiger partial charge on any atom is -0.447 e. The van der Waals surface area contributed by atoms with E-state index in [1.807, 2.05) is 0 Å². The lowest BCUT2D eigenvalue weighted by Gasteiger charge is -2.23. The molecule has 0 saturated carbocycles. The second kappa shape index (κ2) is 8.52. The zero-order chi connectivity index (χ0) is 15.8. The summed E-state index contributed by atoms with van der Waals surface area (Å²) in [5.41, 5.74) is -0.755. The number of nitrogens with one attached hydrogen (secondary N) is 1. The van der Waals surface area contributed by atoms with Gasteiger partial charge in [0.1, 0.15) is 6.61 Å². The molecule has 1 unspecified atom stereocenters. The Morgan fingerprint density at radius 1 is 1.19 bits per heavy atom. The maximum Gasteiger partial charge on any atom is 0.407 e. The highest BCUT2D eigenvalue weighted by atomic mass is 32.2. The van der Waals surface area contributed by atoms with Crippen LogP contribution in [0.2, 0.25) is 0 Å². The van der Waals surface area contributed by atoms with Crippen molar-refractivity contribution in [2.45, 2.75) is 18.9 Å². The number of ether oxygens (including phenoxy) is 3. The minimum absolute atomic E-state index is 0.0300. The van der Waals surface area contributed by atoms with Crippen LogP contribution in [-0.4, -0.2) is 76.3 Å². The Bertz CT molecular complexity index is 425. The van der Waals surface area contributed by atoms with Crippen LogP contribution in [0, 0.1) is 0 Å². The molecule has 1 heterocycles. The van der Waals surface area contributed by atoms with Crippen molar-refractivity contribution in [2.24, 2.45) is 0 Å². The van der Waals surface area contributed by atoms with Gasteiger partial charge in [0.15, 0.2) is 9.84 Å². The van der Waals surface area contributed by atoms with Gasteiger partial charge in [0.2, 0.25) is 0 Å². The molecule has 1 rings (SSSR count). The summed E-state index contributed by atoms with van der Waals surface area (Å²) in [7, 11) is -3.07. The molecule has 1 aliphatic rings. The van der Waals surface area contributed by atoms with Gasteiger partial charge in [0.25, 0.3) is 0 Å². The quantitative estimate of drug-likeness (QED) is 0.540. The van der Waals surface area contributed by atoms with E-state index in [2.05, 4.69) is 5.32 Å². The van der Waals surface area contributed by atoms with Crippen molar-refractivity contribution < 1.29 is 32.5 Å².